The van der Waals surface area contributed by atoms with Gasteiger partial charge in [-0.25, -0.2) is 15.0 Å². The molecule has 0 saturated carbocycles. The lowest BCUT2D eigenvalue weighted by atomic mass is 10.1. The van der Waals surface area contributed by atoms with Crippen molar-refractivity contribution in [1.82, 2.24) is 15.0 Å². The second-order valence-corrected chi connectivity index (χ2v) is 18.8. The Morgan fingerprint density at radius 2 is 0.597 bits per heavy atom. The summed E-state index contributed by atoms with van der Waals surface area (Å²) in [4.78, 5) is 13.9. The predicted octanol–water partition coefficient (Wildman–Crippen LogP) is 11.5. The number of aliphatic hydroxyl groups excluding tert-OH is 3. The van der Waals surface area contributed by atoms with Crippen molar-refractivity contribution in [2.45, 2.75) is 174 Å². The maximum atomic E-state index is 11.3. The van der Waals surface area contributed by atoms with E-state index in [0.717, 1.165) is 38.5 Å². The summed E-state index contributed by atoms with van der Waals surface area (Å²) in [5.74, 6) is 0.294. The van der Waals surface area contributed by atoms with Crippen LogP contribution in [0.2, 0.25) is 0 Å². The fraction of sp³-hybridized carbons (Fsp3) is 0.632. The van der Waals surface area contributed by atoms with Gasteiger partial charge >= 0.3 is 0 Å². The first-order chi connectivity index (χ1) is 35.1. The Morgan fingerprint density at radius 3 is 0.847 bits per heavy atom. The van der Waals surface area contributed by atoms with Crippen LogP contribution in [0.3, 0.4) is 0 Å². The van der Waals surface area contributed by atoms with E-state index in [1.807, 2.05) is 0 Å². The Labute approximate surface area is 429 Å². The molecule has 15 heteroatoms. The number of hydrogen-bond donors (Lipinski definition) is 6. The summed E-state index contributed by atoms with van der Waals surface area (Å²) >= 11 is 0. The van der Waals surface area contributed by atoms with Gasteiger partial charge in [-0.1, -0.05) is 136 Å². The Hall–Kier alpha value is -4.77. The summed E-state index contributed by atoms with van der Waals surface area (Å²) in [6, 6.07) is 13.7. The van der Waals surface area contributed by atoms with Gasteiger partial charge in [-0.2, -0.15) is 0 Å². The minimum atomic E-state index is -0.869. The van der Waals surface area contributed by atoms with E-state index in [0.29, 0.717) is 37.1 Å². The van der Waals surface area contributed by atoms with Crippen molar-refractivity contribution in [3.05, 3.63) is 54.6 Å². The molecule has 0 spiro atoms. The molecule has 0 aliphatic rings. The summed E-state index contributed by atoms with van der Waals surface area (Å²) in [6.07, 6.45) is 22.0. The van der Waals surface area contributed by atoms with Gasteiger partial charge in [-0.05, 0) is 55.7 Å². The summed E-state index contributed by atoms with van der Waals surface area (Å²) in [5.41, 5.74) is 0.614. The molecule has 0 bridgehead atoms. The Morgan fingerprint density at radius 1 is 0.347 bits per heavy atom. The van der Waals surface area contributed by atoms with E-state index < -0.39 is 18.3 Å². The summed E-state index contributed by atoms with van der Waals surface area (Å²) in [6.45, 7) is 8.56. The topological polar surface area (TPSA) is 215 Å². The van der Waals surface area contributed by atoms with Crippen molar-refractivity contribution in [2.75, 3.05) is 59.5 Å². The van der Waals surface area contributed by atoms with Gasteiger partial charge in [0.1, 0.15) is 72.6 Å². The Bertz CT molecular complexity index is 1820. The van der Waals surface area contributed by atoms with E-state index in [-0.39, 0.29) is 91.1 Å². The van der Waals surface area contributed by atoms with Crippen LogP contribution in [0, 0.1) is 0 Å². The number of aliphatic hydroxyl groups is 3. The van der Waals surface area contributed by atoms with Gasteiger partial charge in [0.25, 0.3) is 0 Å². The average Bonchev–Trinajstić information content (AvgIpc) is 3.37. The standard InChI is InChI=1S/C57H87N3O12/c1-4-7-10-13-16-19-22-31-67-37-43(61)40-70-46-25-28-49(52(64)34-46)55-58-56(50-29-26-47(35-53(50)65)71-41-44(62)38-68-32-23-20-17-14-11-8-5-2)60-57(59-55)51-30-27-48(36-54(51)66)72-42-45(63)39-69-33-24-21-18-15-12-9-6-3/h25-30,34-36,43-45,61-66H,4-24,31-33,37-42H2,1-3H3. The number of phenolic OH excluding ortho intramolecular Hbond substituents is 3. The number of rotatable bonds is 42. The van der Waals surface area contributed by atoms with Crippen LogP contribution in [-0.4, -0.2) is 123 Å². The van der Waals surface area contributed by atoms with Crippen molar-refractivity contribution >= 4 is 0 Å². The molecule has 0 amide bonds. The number of benzene rings is 3. The van der Waals surface area contributed by atoms with Crippen LogP contribution >= 0.6 is 0 Å². The van der Waals surface area contributed by atoms with E-state index in [1.54, 1.807) is 36.4 Å². The van der Waals surface area contributed by atoms with Crippen LogP contribution in [0.15, 0.2) is 54.6 Å². The molecule has 3 atom stereocenters. The third-order valence-electron chi connectivity index (χ3n) is 12.2. The number of nitrogens with zero attached hydrogens (tertiary/aromatic N) is 3. The quantitative estimate of drug-likeness (QED) is 0.0228. The molecular formula is C57H87N3O12. The van der Waals surface area contributed by atoms with Crippen LogP contribution in [0.5, 0.6) is 34.5 Å². The van der Waals surface area contributed by atoms with Gasteiger partial charge in [0.2, 0.25) is 0 Å². The van der Waals surface area contributed by atoms with E-state index in [2.05, 4.69) is 35.7 Å². The zero-order valence-corrected chi connectivity index (χ0v) is 43.6. The van der Waals surface area contributed by atoms with Gasteiger partial charge in [-0.15, -0.1) is 0 Å². The molecule has 1 heterocycles. The maximum Gasteiger partial charge on any atom is 0.167 e. The van der Waals surface area contributed by atoms with Crippen LogP contribution in [0.4, 0.5) is 0 Å². The van der Waals surface area contributed by atoms with E-state index in [9.17, 15) is 30.6 Å². The van der Waals surface area contributed by atoms with Crippen LogP contribution in [-0.2, 0) is 14.2 Å². The highest BCUT2D eigenvalue weighted by atomic mass is 16.5. The number of phenols is 3. The first kappa shape index (κ1) is 59.8. The lowest BCUT2D eigenvalue weighted by Gasteiger charge is -2.15. The number of unbranched alkanes of at least 4 members (excludes halogenated alkanes) is 18. The molecular weight excluding hydrogens is 919 g/mol. The number of ether oxygens (including phenoxy) is 6. The second kappa shape index (κ2) is 36.2. The van der Waals surface area contributed by atoms with Crippen molar-refractivity contribution in [3.63, 3.8) is 0 Å². The Balaban J connectivity index is 1.43. The van der Waals surface area contributed by atoms with Gasteiger partial charge in [0.05, 0.1) is 36.5 Å². The second-order valence-electron chi connectivity index (χ2n) is 18.8. The van der Waals surface area contributed by atoms with Gasteiger partial charge in [0, 0.05) is 38.0 Å². The van der Waals surface area contributed by atoms with Crippen LogP contribution < -0.4 is 14.2 Å². The number of hydrogen-bond acceptors (Lipinski definition) is 15. The third-order valence-corrected chi connectivity index (χ3v) is 12.2. The molecule has 0 fully saturated rings. The van der Waals surface area contributed by atoms with E-state index in [4.69, 9.17) is 28.4 Å². The highest BCUT2D eigenvalue weighted by molar-refractivity contribution is 5.74. The first-order valence-corrected chi connectivity index (χ1v) is 27.0. The van der Waals surface area contributed by atoms with Crippen molar-refractivity contribution < 1.29 is 59.1 Å². The molecule has 0 aliphatic heterocycles. The van der Waals surface area contributed by atoms with Crippen molar-refractivity contribution in [3.8, 4) is 68.7 Å². The number of aromatic hydroxyl groups is 3. The highest BCUT2D eigenvalue weighted by Gasteiger charge is 2.20. The fourth-order valence-corrected chi connectivity index (χ4v) is 7.97. The summed E-state index contributed by atoms with van der Waals surface area (Å²) in [5, 5.41) is 65.5. The molecule has 6 N–H and O–H groups in total. The highest BCUT2D eigenvalue weighted by Crippen LogP contribution is 2.38. The largest absolute Gasteiger partial charge is 0.507 e. The summed E-state index contributed by atoms with van der Waals surface area (Å²) in [7, 11) is 0. The maximum absolute atomic E-state index is 11.3. The van der Waals surface area contributed by atoms with Gasteiger partial charge in [-0.3, -0.25) is 0 Å². The van der Waals surface area contributed by atoms with Crippen molar-refractivity contribution in [2.24, 2.45) is 0 Å². The molecule has 1 aromatic heterocycles. The third kappa shape index (κ3) is 23.8. The minimum absolute atomic E-state index is 0.0246. The Kier molecular flexibility index (Phi) is 30.1. The SMILES string of the molecule is CCCCCCCCCOCC(O)COc1ccc(-c2nc(-c3ccc(OCC(O)COCCCCCCCCC)cc3O)nc(-c3ccc(OCC(O)COCCCCCCCCC)cc3O)n2)c(O)c1. The molecule has 4 rings (SSSR count). The normalized spacial score (nSPS) is 12.8. The molecule has 402 valence electrons. The summed E-state index contributed by atoms with van der Waals surface area (Å²) < 4.78 is 34.4. The van der Waals surface area contributed by atoms with Gasteiger partial charge < -0.3 is 59.1 Å². The molecule has 3 aromatic carbocycles. The zero-order chi connectivity index (χ0) is 51.6. The number of aromatic nitrogens is 3. The molecule has 0 aliphatic carbocycles. The van der Waals surface area contributed by atoms with E-state index >= 15 is 0 Å². The molecule has 15 nitrogen and oxygen atoms in total. The first-order valence-electron chi connectivity index (χ1n) is 27.0. The molecule has 72 heavy (non-hydrogen) atoms. The molecule has 0 radical (unpaired) electrons. The van der Waals surface area contributed by atoms with Gasteiger partial charge in [0.15, 0.2) is 17.5 Å². The minimum Gasteiger partial charge on any atom is -0.507 e. The zero-order valence-electron chi connectivity index (χ0n) is 43.6. The fourth-order valence-electron chi connectivity index (χ4n) is 7.97. The molecule has 4 aromatic rings. The molecule has 0 saturated heterocycles. The lowest BCUT2D eigenvalue weighted by molar-refractivity contribution is 0.0109. The monoisotopic (exact) mass is 1010 g/mol. The average molecular weight is 1010 g/mol. The molecule has 3 unspecified atom stereocenters. The van der Waals surface area contributed by atoms with Crippen LogP contribution in [0.25, 0.3) is 34.2 Å². The van der Waals surface area contributed by atoms with Crippen LogP contribution in [0.1, 0.15) is 156 Å². The predicted molar refractivity (Wildman–Crippen MR) is 282 cm³/mol. The van der Waals surface area contributed by atoms with E-state index in [1.165, 1.54) is 115 Å². The lowest BCUT2D eigenvalue weighted by Crippen LogP contribution is -2.23. The smallest absolute Gasteiger partial charge is 0.167 e. The van der Waals surface area contributed by atoms with Crippen molar-refractivity contribution in [1.29, 1.82) is 0 Å².